The Morgan fingerprint density at radius 1 is 1.29 bits per heavy atom. The number of carbonyl (C=O) groups excluding carboxylic acids is 1. The number of nitrogens with one attached hydrogen (secondary N) is 1. The molecule has 0 spiro atoms. The fraction of sp³-hybridized carbons (Fsp3) is 0.412. The van der Waals surface area contributed by atoms with Crippen molar-refractivity contribution >= 4 is 22.4 Å². The van der Waals surface area contributed by atoms with Gasteiger partial charge in [-0.1, -0.05) is 6.42 Å². The monoisotopic (exact) mass is 348 g/mol. The summed E-state index contributed by atoms with van der Waals surface area (Å²) < 4.78 is 15.3. The molecule has 0 bridgehead atoms. The molecule has 6 nitrogen and oxygen atoms in total. The lowest BCUT2D eigenvalue weighted by Gasteiger charge is -2.03. The van der Waals surface area contributed by atoms with Crippen LogP contribution in [0.3, 0.4) is 0 Å². The van der Waals surface area contributed by atoms with Gasteiger partial charge in [-0.15, -0.1) is 11.3 Å². The van der Waals surface area contributed by atoms with Crippen molar-refractivity contribution in [1.82, 2.24) is 4.98 Å². The van der Waals surface area contributed by atoms with Crippen LogP contribution in [-0.4, -0.2) is 31.4 Å². The first-order valence-electron chi connectivity index (χ1n) is 7.92. The molecule has 0 unspecified atom stereocenters. The quantitative estimate of drug-likeness (QED) is 0.580. The molecule has 0 atom stereocenters. The predicted molar refractivity (Wildman–Crippen MR) is 92.6 cm³/mol. The van der Waals surface area contributed by atoms with Gasteiger partial charge in [0.05, 0.1) is 12.8 Å². The third kappa shape index (κ3) is 4.17. The average Bonchev–Trinajstić information content (AvgIpc) is 3.25. The number of thiazole rings is 1. The minimum Gasteiger partial charge on any atom is -0.469 e. The predicted octanol–water partition coefficient (Wildman–Crippen LogP) is 3.68. The minimum atomic E-state index is -0.142. The Balaban J connectivity index is 1.45. The Kier molecular flexibility index (Phi) is 5.53. The molecule has 1 aliphatic rings. The summed E-state index contributed by atoms with van der Waals surface area (Å²) in [5, 5.41) is 6.25. The summed E-state index contributed by atoms with van der Waals surface area (Å²) in [5.74, 6) is 1.40. The standard InChI is InChI=1S/C17H20N2O4S/c1-21-16(20)5-3-2-4-8-18-17-19-13(10-24-17)12-6-7-14-15(9-12)23-11-22-14/h6-7,9-10H,2-5,8,11H2,1H3,(H,18,19). The molecule has 2 heterocycles. The second-order valence-corrected chi connectivity index (χ2v) is 6.28. The zero-order valence-electron chi connectivity index (χ0n) is 13.5. The van der Waals surface area contributed by atoms with Crippen molar-refractivity contribution in [3.8, 4) is 22.8 Å². The molecule has 7 heteroatoms. The lowest BCUT2D eigenvalue weighted by atomic mass is 10.1. The molecule has 0 fully saturated rings. The fourth-order valence-electron chi connectivity index (χ4n) is 2.41. The number of hydrogen-bond acceptors (Lipinski definition) is 7. The first-order valence-corrected chi connectivity index (χ1v) is 8.80. The number of benzene rings is 1. The molecule has 1 aromatic heterocycles. The van der Waals surface area contributed by atoms with Gasteiger partial charge in [-0.3, -0.25) is 4.79 Å². The van der Waals surface area contributed by atoms with Gasteiger partial charge in [0.25, 0.3) is 0 Å². The number of hydrogen-bond donors (Lipinski definition) is 1. The van der Waals surface area contributed by atoms with Gasteiger partial charge in [-0.05, 0) is 31.0 Å². The molecule has 1 aromatic carbocycles. The first kappa shape index (κ1) is 16.6. The zero-order valence-corrected chi connectivity index (χ0v) is 14.4. The average molecular weight is 348 g/mol. The highest BCUT2D eigenvalue weighted by Crippen LogP contribution is 2.36. The van der Waals surface area contributed by atoms with E-state index >= 15 is 0 Å². The third-order valence-corrected chi connectivity index (χ3v) is 4.53. The Morgan fingerprint density at radius 2 is 2.17 bits per heavy atom. The molecule has 3 rings (SSSR count). The topological polar surface area (TPSA) is 69.7 Å². The van der Waals surface area contributed by atoms with E-state index in [2.05, 4.69) is 15.0 Å². The van der Waals surface area contributed by atoms with Gasteiger partial charge in [0, 0.05) is 23.9 Å². The summed E-state index contributed by atoms with van der Waals surface area (Å²) in [6, 6.07) is 5.85. The Labute approximate surface area is 144 Å². The van der Waals surface area contributed by atoms with Crippen molar-refractivity contribution in [2.45, 2.75) is 25.7 Å². The highest BCUT2D eigenvalue weighted by Gasteiger charge is 2.15. The molecule has 1 N–H and O–H groups in total. The van der Waals surface area contributed by atoms with Crippen LogP contribution in [0.2, 0.25) is 0 Å². The van der Waals surface area contributed by atoms with E-state index in [-0.39, 0.29) is 12.8 Å². The maximum absolute atomic E-state index is 11.0. The van der Waals surface area contributed by atoms with Crippen LogP contribution >= 0.6 is 11.3 Å². The van der Waals surface area contributed by atoms with Crippen molar-refractivity contribution < 1.29 is 19.0 Å². The number of rotatable bonds is 8. The van der Waals surface area contributed by atoms with Crippen molar-refractivity contribution in [3.05, 3.63) is 23.6 Å². The van der Waals surface area contributed by atoms with Crippen LogP contribution in [-0.2, 0) is 9.53 Å². The second kappa shape index (κ2) is 8.01. The van der Waals surface area contributed by atoms with Crippen LogP contribution in [0.25, 0.3) is 11.3 Å². The first-order chi connectivity index (χ1) is 11.8. The lowest BCUT2D eigenvalue weighted by Crippen LogP contribution is -2.03. The van der Waals surface area contributed by atoms with Gasteiger partial charge in [-0.2, -0.15) is 0 Å². The maximum atomic E-state index is 11.0. The van der Waals surface area contributed by atoms with Gasteiger partial charge in [0.2, 0.25) is 6.79 Å². The number of fused-ring (bicyclic) bond motifs is 1. The highest BCUT2D eigenvalue weighted by molar-refractivity contribution is 7.14. The van der Waals surface area contributed by atoms with Crippen LogP contribution in [0.15, 0.2) is 23.6 Å². The molecule has 128 valence electrons. The maximum Gasteiger partial charge on any atom is 0.305 e. The number of unbranched alkanes of at least 4 members (excludes halogenated alkanes) is 2. The number of ether oxygens (including phenoxy) is 3. The number of anilines is 1. The van der Waals surface area contributed by atoms with Crippen molar-refractivity contribution in [2.24, 2.45) is 0 Å². The summed E-state index contributed by atoms with van der Waals surface area (Å²) in [6.07, 6.45) is 3.33. The van der Waals surface area contributed by atoms with E-state index in [0.717, 1.165) is 53.7 Å². The molecule has 2 aromatic rings. The second-order valence-electron chi connectivity index (χ2n) is 5.42. The van der Waals surface area contributed by atoms with Crippen molar-refractivity contribution in [1.29, 1.82) is 0 Å². The Morgan fingerprint density at radius 3 is 3.04 bits per heavy atom. The summed E-state index contributed by atoms with van der Waals surface area (Å²) in [4.78, 5) is 15.6. The normalized spacial score (nSPS) is 12.2. The highest BCUT2D eigenvalue weighted by atomic mass is 32.1. The van der Waals surface area contributed by atoms with Gasteiger partial charge in [0.1, 0.15) is 0 Å². The fourth-order valence-corrected chi connectivity index (χ4v) is 3.16. The van der Waals surface area contributed by atoms with Gasteiger partial charge >= 0.3 is 5.97 Å². The smallest absolute Gasteiger partial charge is 0.305 e. The molecular formula is C17H20N2O4S. The Bertz CT molecular complexity index is 702. The molecular weight excluding hydrogens is 328 g/mol. The summed E-state index contributed by atoms with van der Waals surface area (Å²) in [7, 11) is 1.42. The van der Waals surface area contributed by atoms with Crippen molar-refractivity contribution in [2.75, 3.05) is 25.8 Å². The minimum absolute atomic E-state index is 0.142. The van der Waals surface area contributed by atoms with E-state index in [1.807, 2.05) is 23.6 Å². The van der Waals surface area contributed by atoms with Gasteiger partial charge in [-0.25, -0.2) is 4.98 Å². The number of nitrogens with zero attached hydrogens (tertiary/aromatic N) is 1. The molecule has 0 radical (unpaired) electrons. The van der Waals surface area contributed by atoms with E-state index in [1.165, 1.54) is 7.11 Å². The molecule has 0 aliphatic carbocycles. The zero-order chi connectivity index (χ0) is 16.8. The van der Waals surface area contributed by atoms with Crippen LogP contribution in [0.1, 0.15) is 25.7 Å². The number of aromatic nitrogens is 1. The van der Waals surface area contributed by atoms with E-state index in [4.69, 9.17) is 9.47 Å². The molecule has 1 aliphatic heterocycles. The SMILES string of the molecule is COC(=O)CCCCCNc1nc(-c2ccc3c(c2)OCO3)cs1. The van der Waals surface area contributed by atoms with E-state index in [0.29, 0.717) is 6.42 Å². The molecule has 0 amide bonds. The van der Waals surface area contributed by atoms with Crippen molar-refractivity contribution in [3.63, 3.8) is 0 Å². The van der Waals surface area contributed by atoms with Gasteiger partial charge in [0.15, 0.2) is 16.6 Å². The summed E-state index contributed by atoms with van der Waals surface area (Å²) >= 11 is 1.58. The summed E-state index contributed by atoms with van der Waals surface area (Å²) in [5.41, 5.74) is 1.94. The van der Waals surface area contributed by atoms with E-state index in [1.54, 1.807) is 11.3 Å². The number of methoxy groups -OCH3 is 1. The van der Waals surface area contributed by atoms with E-state index < -0.39 is 0 Å². The largest absolute Gasteiger partial charge is 0.469 e. The molecule has 0 saturated carbocycles. The van der Waals surface area contributed by atoms with Crippen LogP contribution < -0.4 is 14.8 Å². The Hall–Kier alpha value is -2.28. The van der Waals surface area contributed by atoms with Gasteiger partial charge < -0.3 is 19.5 Å². The third-order valence-electron chi connectivity index (χ3n) is 3.73. The molecule has 0 saturated heterocycles. The van der Waals surface area contributed by atoms with Crippen LogP contribution in [0.4, 0.5) is 5.13 Å². The lowest BCUT2D eigenvalue weighted by molar-refractivity contribution is -0.140. The van der Waals surface area contributed by atoms with E-state index in [9.17, 15) is 4.79 Å². The van der Waals surface area contributed by atoms with Crippen LogP contribution in [0, 0.1) is 0 Å². The number of esters is 1. The number of carbonyl (C=O) groups is 1. The summed E-state index contributed by atoms with van der Waals surface area (Å²) in [6.45, 7) is 1.12. The molecule has 24 heavy (non-hydrogen) atoms. The van der Waals surface area contributed by atoms with Crippen LogP contribution in [0.5, 0.6) is 11.5 Å².